The molecule has 0 aliphatic rings. The van der Waals surface area contributed by atoms with Crippen LogP contribution in [0.2, 0.25) is 0 Å². The van der Waals surface area contributed by atoms with Crippen LogP contribution in [0.15, 0.2) is 0 Å². The molecule has 0 aliphatic carbocycles. The first kappa shape index (κ1) is 13.2. The smallest absolute Gasteiger partial charge is 0.0628 e. The Morgan fingerprint density at radius 1 is 1.44 bits per heavy atom. The molecule has 4 heteroatoms. The first-order valence-corrected chi connectivity index (χ1v) is 5.79. The molecule has 0 aromatic carbocycles. The van der Waals surface area contributed by atoms with Crippen LogP contribution in [0.4, 0.5) is 0 Å². The van der Waals surface area contributed by atoms with E-state index in [0.717, 1.165) is 31.6 Å². The van der Waals surface area contributed by atoms with Gasteiger partial charge in [0.15, 0.2) is 0 Å². The molecule has 2 N–H and O–H groups in total. The summed E-state index contributed by atoms with van der Waals surface area (Å²) in [7, 11) is 3.70. The molecule has 0 fully saturated rings. The fourth-order valence-corrected chi connectivity index (χ4v) is 1.97. The fourth-order valence-electron chi connectivity index (χ4n) is 1.97. The number of hydrogen-bond acceptors (Lipinski definition) is 3. The summed E-state index contributed by atoms with van der Waals surface area (Å²) in [4.78, 5) is 0. The van der Waals surface area contributed by atoms with Crippen molar-refractivity contribution in [3.8, 4) is 0 Å². The summed E-state index contributed by atoms with van der Waals surface area (Å²) in [6, 6.07) is 0.205. The lowest BCUT2D eigenvalue weighted by atomic mass is 10.0. The molecular weight excluding hydrogens is 202 g/mol. The largest absolute Gasteiger partial charge is 0.385 e. The molecule has 16 heavy (non-hydrogen) atoms. The highest BCUT2D eigenvalue weighted by molar-refractivity contribution is 5.25. The summed E-state index contributed by atoms with van der Waals surface area (Å²) in [6.45, 7) is 4.93. The zero-order chi connectivity index (χ0) is 12.1. The minimum atomic E-state index is 0.205. The molecule has 0 saturated carbocycles. The topological polar surface area (TPSA) is 53.1 Å². The molecule has 1 aromatic rings. The predicted octanol–water partition coefficient (Wildman–Crippen LogP) is 1.33. The number of aromatic nitrogens is 2. The average molecular weight is 225 g/mol. The Morgan fingerprint density at radius 2 is 2.12 bits per heavy atom. The first-order chi connectivity index (χ1) is 7.56. The minimum absolute atomic E-state index is 0.205. The second kappa shape index (κ2) is 6.01. The number of rotatable bonds is 6. The van der Waals surface area contributed by atoms with Gasteiger partial charge in [0, 0.05) is 32.5 Å². The van der Waals surface area contributed by atoms with Crippen LogP contribution in [0.5, 0.6) is 0 Å². The maximum absolute atomic E-state index is 6.10. The summed E-state index contributed by atoms with van der Waals surface area (Å²) in [6.07, 6.45) is 2.94. The molecule has 0 spiro atoms. The summed E-state index contributed by atoms with van der Waals surface area (Å²) >= 11 is 0. The Bertz CT molecular complexity index is 333. The molecule has 0 radical (unpaired) electrons. The molecule has 1 heterocycles. The van der Waals surface area contributed by atoms with Gasteiger partial charge in [-0.1, -0.05) is 0 Å². The van der Waals surface area contributed by atoms with E-state index in [1.807, 2.05) is 18.7 Å². The van der Waals surface area contributed by atoms with Crippen molar-refractivity contribution >= 4 is 0 Å². The second-order valence-electron chi connectivity index (χ2n) is 4.37. The fraction of sp³-hybridized carbons (Fsp3) is 0.750. The van der Waals surface area contributed by atoms with Gasteiger partial charge in [-0.2, -0.15) is 5.10 Å². The van der Waals surface area contributed by atoms with E-state index in [2.05, 4.69) is 12.0 Å². The molecule has 4 nitrogen and oxygen atoms in total. The summed E-state index contributed by atoms with van der Waals surface area (Å²) in [5.74, 6) is 0. The predicted molar refractivity (Wildman–Crippen MR) is 65.5 cm³/mol. The number of methoxy groups -OCH3 is 1. The van der Waals surface area contributed by atoms with Crippen LogP contribution in [-0.2, 0) is 18.2 Å². The third-order valence-corrected chi connectivity index (χ3v) is 3.05. The second-order valence-corrected chi connectivity index (χ2v) is 4.37. The molecule has 1 rings (SSSR count). The first-order valence-electron chi connectivity index (χ1n) is 5.79. The molecule has 1 unspecified atom stereocenters. The van der Waals surface area contributed by atoms with Gasteiger partial charge < -0.3 is 10.5 Å². The van der Waals surface area contributed by atoms with Crippen LogP contribution in [0, 0.1) is 13.8 Å². The molecule has 0 saturated heterocycles. The van der Waals surface area contributed by atoms with Crippen molar-refractivity contribution in [2.75, 3.05) is 13.7 Å². The monoisotopic (exact) mass is 225 g/mol. The minimum Gasteiger partial charge on any atom is -0.385 e. The molecule has 0 amide bonds. The van der Waals surface area contributed by atoms with Gasteiger partial charge in [-0.05, 0) is 38.7 Å². The molecule has 0 aliphatic heterocycles. The van der Waals surface area contributed by atoms with E-state index in [-0.39, 0.29) is 6.04 Å². The maximum atomic E-state index is 6.10. The molecule has 1 aromatic heterocycles. The Balaban J connectivity index is 2.52. The van der Waals surface area contributed by atoms with Crippen LogP contribution in [-0.4, -0.2) is 29.5 Å². The van der Waals surface area contributed by atoms with Gasteiger partial charge in [-0.15, -0.1) is 0 Å². The lowest BCUT2D eigenvalue weighted by Gasteiger charge is -2.11. The summed E-state index contributed by atoms with van der Waals surface area (Å²) in [5.41, 5.74) is 9.72. The maximum Gasteiger partial charge on any atom is 0.0628 e. The Hall–Kier alpha value is -0.870. The standard InChI is InChI=1S/C12H23N3O/c1-9-12(10(2)15(3)14-9)8-11(13)6-5-7-16-4/h11H,5-8,13H2,1-4H3. The number of hydrogen-bond donors (Lipinski definition) is 1. The van der Waals surface area contributed by atoms with Crippen molar-refractivity contribution in [3.05, 3.63) is 17.0 Å². The van der Waals surface area contributed by atoms with Crippen molar-refractivity contribution < 1.29 is 4.74 Å². The van der Waals surface area contributed by atoms with E-state index >= 15 is 0 Å². The van der Waals surface area contributed by atoms with Crippen LogP contribution in [0.3, 0.4) is 0 Å². The van der Waals surface area contributed by atoms with Gasteiger partial charge in [0.25, 0.3) is 0 Å². The number of nitrogens with zero attached hydrogens (tertiary/aromatic N) is 2. The van der Waals surface area contributed by atoms with Gasteiger partial charge in [-0.3, -0.25) is 4.68 Å². The average Bonchev–Trinajstić information content (AvgIpc) is 2.46. The van der Waals surface area contributed by atoms with Gasteiger partial charge in [0.05, 0.1) is 5.69 Å². The zero-order valence-electron chi connectivity index (χ0n) is 10.8. The number of ether oxygens (including phenoxy) is 1. The number of nitrogens with two attached hydrogens (primary N) is 1. The molecular formula is C12H23N3O. The van der Waals surface area contributed by atoms with E-state index < -0.39 is 0 Å². The van der Waals surface area contributed by atoms with Crippen LogP contribution in [0.25, 0.3) is 0 Å². The van der Waals surface area contributed by atoms with Gasteiger partial charge in [0.2, 0.25) is 0 Å². The molecule has 0 bridgehead atoms. The molecule has 92 valence electrons. The lowest BCUT2D eigenvalue weighted by molar-refractivity contribution is 0.190. The van der Waals surface area contributed by atoms with Gasteiger partial charge in [-0.25, -0.2) is 0 Å². The van der Waals surface area contributed by atoms with Crippen molar-refractivity contribution in [2.45, 2.75) is 39.2 Å². The third kappa shape index (κ3) is 3.32. The quantitative estimate of drug-likeness (QED) is 0.743. The SMILES string of the molecule is COCCCC(N)Cc1c(C)nn(C)c1C. The van der Waals surface area contributed by atoms with Gasteiger partial charge >= 0.3 is 0 Å². The van der Waals surface area contributed by atoms with Crippen LogP contribution in [0.1, 0.15) is 29.8 Å². The molecule has 1 atom stereocenters. The summed E-state index contributed by atoms with van der Waals surface area (Å²) in [5, 5.41) is 4.40. The highest BCUT2D eigenvalue weighted by atomic mass is 16.5. The van der Waals surface area contributed by atoms with E-state index in [1.54, 1.807) is 7.11 Å². The highest BCUT2D eigenvalue weighted by Crippen LogP contribution is 2.15. The van der Waals surface area contributed by atoms with Crippen molar-refractivity contribution in [1.29, 1.82) is 0 Å². The van der Waals surface area contributed by atoms with E-state index in [1.165, 1.54) is 11.3 Å². The van der Waals surface area contributed by atoms with Crippen LogP contribution < -0.4 is 5.73 Å². The van der Waals surface area contributed by atoms with Crippen molar-refractivity contribution in [1.82, 2.24) is 9.78 Å². The van der Waals surface area contributed by atoms with Crippen molar-refractivity contribution in [2.24, 2.45) is 12.8 Å². The van der Waals surface area contributed by atoms with Crippen LogP contribution >= 0.6 is 0 Å². The Morgan fingerprint density at radius 3 is 2.62 bits per heavy atom. The van der Waals surface area contributed by atoms with E-state index in [0.29, 0.717) is 0 Å². The van der Waals surface area contributed by atoms with Gasteiger partial charge in [0.1, 0.15) is 0 Å². The Kier molecular flexibility index (Phi) is 4.96. The third-order valence-electron chi connectivity index (χ3n) is 3.05. The van der Waals surface area contributed by atoms with E-state index in [9.17, 15) is 0 Å². The van der Waals surface area contributed by atoms with Crippen molar-refractivity contribution in [3.63, 3.8) is 0 Å². The Labute approximate surface area is 97.8 Å². The number of aryl methyl sites for hydroxylation is 2. The van der Waals surface area contributed by atoms with E-state index in [4.69, 9.17) is 10.5 Å². The highest BCUT2D eigenvalue weighted by Gasteiger charge is 2.12. The normalized spacial score (nSPS) is 13.1. The summed E-state index contributed by atoms with van der Waals surface area (Å²) < 4.78 is 6.95. The lowest BCUT2D eigenvalue weighted by Crippen LogP contribution is -2.23. The zero-order valence-corrected chi connectivity index (χ0v) is 10.8.